The number of allylic oxidation sites excluding steroid dienone is 17. The Morgan fingerprint density at radius 3 is 2.50 bits per heavy atom. The molecule has 0 radical (unpaired) electrons. The van der Waals surface area contributed by atoms with E-state index in [1.165, 1.54) is 52.7 Å². The first-order valence-corrected chi connectivity index (χ1v) is 11.6. The van der Waals surface area contributed by atoms with Crippen molar-refractivity contribution < 1.29 is 0 Å². The fourth-order valence-corrected chi connectivity index (χ4v) is 4.72. The maximum Gasteiger partial charge on any atom is 0.0266 e. The summed E-state index contributed by atoms with van der Waals surface area (Å²) in [6.07, 6.45) is 30.3. The molecule has 0 heteroatoms. The second-order valence-corrected chi connectivity index (χ2v) is 10.6. The van der Waals surface area contributed by atoms with E-state index in [1.807, 2.05) is 0 Å². The minimum Gasteiger partial charge on any atom is -0.0949 e. The quantitative estimate of drug-likeness (QED) is 0.423. The Kier molecular flexibility index (Phi) is 5.87. The molecule has 3 atom stereocenters. The molecule has 0 saturated carbocycles. The van der Waals surface area contributed by atoms with Crippen LogP contribution in [0.1, 0.15) is 53.4 Å². The molecule has 0 amide bonds. The van der Waals surface area contributed by atoms with Crippen LogP contribution in [-0.2, 0) is 0 Å². The molecule has 0 aromatic carbocycles. The molecular weight excluding hydrogens is 360 g/mol. The molecule has 0 spiro atoms. The highest BCUT2D eigenvalue weighted by molar-refractivity contribution is 5.52. The lowest BCUT2D eigenvalue weighted by Crippen LogP contribution is -2.11. The van der Waals surface area contributed by atoms with Crippen molar-refractivity contribution in [2.45, 2.75) is 53.4 Å². The van der Waals surface area contributed by atoms with Crippen molar-refractivity contribution in [3.63, 3.8) is 0 Å². The molecule has 0 N–H and O–H groups in total. The van der Waals surface area contributed by atoms with Crippen molar-refractivity contribution in [1.82, 2.24) is 0 Å². The summed E-state index contributed by atoms with van der Waals surface area (Å²) >= 11 is 0. The number of fused-ring (bicyclic) bond motifs is 2. The van der Waals surface area contributed by atoms with Gasteiger partial charge in [0.25, 0.3) is 0 Å². The Hall–Kier alpha value is -2.34. The van der Waals surface area contributed by atoms with E-state index >= 15 is 0 Å². The van der Waals surface area contributed by atoms with Gasteiger partial charge in [-0.05, 0) is 59.3 Å². The lowest BCUT2D eigenvalue weighted by molar-refractivity contribution is 0.378. The van der Waals surface area contributed by atoms with E-state index < -0.39 is 0 Å². The first kappa shape index (κ1) is 20.9. The van der Waals surface area contributed by atoms with Crippen LogP contribution in [0.4, 0.5) is 0 Å². The third-order valence-electron chi connectivity index (χ3n) is 6.76. The standard InChI is InChI=1S/C30H36/c1-21(27-16-22(2)29-9-7-6-8-26(29)20-27)10-11-24-18-25-13-12-23(17-28(25)19-24)14-15-30(3,4)5/h6-9,12-13,16-21,28-29H,2,10-11,14-15H2,1,3-5H3. The smallest absolute Gasteiger partial charge is 0.0266 e. The van der Waals surface area contributed by atoms with E-state index in [4.69, 9.17) is 0 Å². The molecule has 0 bridgehead atoms. The molecule has 0 fully saturated rings. The van der Waals surface area contributed by atoms with Crippen LogP contribution in [0.5, 0.6) is 0 Å². The second-order valence-electron chi connectivity index (χ2n) is 10.6. The van der Waals surface area contributed by atoms with Crippen molar-refractivity contribution in [1.29, 1.82) is 0 Å². The number of hydrogen-bond donors (Lipinski definition) is 0. The van der Waals surface area contributed by atoms with E-state index in [2.05, 4.69) is 101 Å². The lowest BCUT2D eigenvalue weighted by atomic mass is 9.79. The monoisotopic (exact) mass is 396 g/mol. The second kappa shape index (κ2) is 8.42. The normalized spacial score (nSPS) is 25.7. The Labute approximate surface area is 183 Å². The minimum absolute atomic E-state index is 0.377. The van der Waals surface area contributed by atoms with E-state index in [1.54, 1.807) is 0 Å². The average molecular weight is 397 g/mol. The van der Waals surface area contributed by atoms with Gasteiger partial charge in [-0.25, -0.2) is 0 Å². The Bertz CT molecular complexity index is 956. The summed E-state index contributed by atoms with van der Waals surface area (Å²) < 4.78 is 0. The predicted octanol–water partition coefficient (Wildman–Crippen LogP) is 8.37. The zero-order chi connectivity index (χ0) is 21.3. The molecule has 0 heterocycles. The molecule has 4 aliphatic rings. The molecule has 4 aliphatic carbocycles. The number of hydrogen-bond acceptors (Lipinski definition) is 0. The summed E-state index contributed by atoms with van der Waals surface area (Å²) in [6.45, 7) is 13.7. The van der Waals surface area contributed by atoms with Crippen molar-refractivity contribution in [3.05, 3.63) is 107 Å². The summed E-state index contributed by atoms with van der Waals surface area (Å²) in [5.74, 6) is 1.42. The van der Waals surface area contributed by atoms with Gasteiger partial charge >= 0.3 is 0 Å². The van der Waals surface area contributed by atoms with Gasteiger partial charge in [0, 0.05) is 11.8 Å². The highest BCUT2D eigenvalue weighted by Gasteiger charge is 2.23. The van der Waals surface area contributed by atoms with Crippen molar-refractivity contribution >= 4 is 0 Å². The molecule has 0 nitrogen and oxygen atoms in total. The van der Waals surface area contributed by atoms with E-state index in [0.717, 1.165) is 6.42 Å². The largest absolute Gasteiger partial charge is 0.0949 e. The van der Waals surface area contributed by atoms with Gasteiger partial charge in [-0.2, -0.15) is 0 Å². The van der Waals surface area contributed by atoms with Crippen LogP contribution in [0.2, 0.25) is 0 Å². The van der Waals surface area contributed by atoms with Crippen molar-refractivity contribution in [3.8, 4) is 0 Å². The summed E-state index contributed by atoms with van der Waals surface area (Å²) in [5.41, 5.74) is 8.90. The van der Waals surface area contributed by atoms with Gasteiger partial charge in [-0.1, -0.05) is 112 Å². The first-order chi connectivity index (χ1) is 14.3. The van der Waals surface area contributed by atoms with E-state index in [-0.39, 0.29) is 0 Å². The van der Waals surface area contributed by atoms with Crippen LogP contribution in [0.25, 0.3) is 0 Å². The molecule has 0 aliphatic heterocycles. The fraction of sp³-hybridized carbons (Fsp3) is 0.400. The zero-order valence-electron chi connectivity index (χ0n) is 19.1. The third kappa shape index (κ3) is 4.86. The molecule has 4 rings (SSSR count). The maximum atomic E-state index is 4.32. The summed E-state index contributed by atoms with van der Waals surface area (Å²) in [4.78, 5) is 0. The lowest BCUT2D eigenvalue weighted by Gasteiger charge is -2.26. The summed E-state index contributed by atoms with van der Waals surface area (Å²) in [7, 11) is 0. The van der Waals surface area contributed by atoms with Gasteiger partial charge in [-0.15, -0.1) is 0 Å². The van der Waals surface area contributed by atoms with Crippen molar-refractivity contribution in [2.24, 2.45) is 23.2 Å². The number of rotatable bonds is 6. The van der Waals surface area contributed by atoms with Crippen LogP contribution < -0.4 is 0 Å². The molecular formula is C30H36. The molecule has 156 valence electrons. The first-order valence-electron chi connectivity index (χ1n) is 11.6. The fourth-order valence-electron chi connectivity index (χ4n) is 4.72. The van der Waals surface area contributed by atoms with Crippen LogP contribution in [-0.4, -0.2) is 0 Å². The van der Waals surface area contributed by atoms with Crippen LogP contribution >= 0.6 is 0 Å². The van der Waals surface area contributed by atoms with Gasteiger partial charge in [0.15, 0.2) is 0 Å². The Balaban J connectivity index is 1.36. The molecule has 0 aromatic rings. The SMILES string of the molecule is C=C1C=C(C(C)CCC2=CC3C=C(CCC(C)(C)C)C=CC3=C2)C=C2C=CC=CC12. The highest BCUT2D eigenvalue weighted by atomic mass is 14.3. The van der Waals surface area contributed by atoms with Gasteiger partial charge < -0.3 is 0 Å². The van der Waals surface area contributed by atoms with Gasteiger partial charge in [0.1, 0.15) is 0 Å². The van der Waals surface area contributed by atoms with Crippen molar-refractivity contribution in [2.75, 3.05) is 0 Å². The molecule has 0 aromatic heterocycles. The third-order valence-corrected chi connectivity index (χ3v) is 6.76. The van der Waals surface area contributed by atoms with Crippen LogP contribution in [0.15, 0.2) is 107 Å². The van der Waals surface area contributed by atoms with Gasteiger partial charge in [0.05, 0.1) is 0 Å². The highest BCUT2D eigenvalue weighted by Crippen LogP contribution is 2.38. The van der Waals surface area contributed by atoms with E-state index in [9.17, 15) is 0 Å². The van der Waals surface area contributed by atoms with Crippen LogP contribution in [0.3, 0.4) is 0 Å². The van der Waals surface area contributed by atoms with E-state index in [0.29, 0.717) is 23.2 Å². The summed E-state index contributed by atoms with van der Waals surface area (Å²) in [5, 5.41) is 0. The van der Waals surface area contributed by atoms with Crippen LogP contribution in [0, 0.1) is 23.2 Å². The topological polar surface area (TPSA) is 0 Å². The van der Waals surface area contributed by atoms with Gasteiger partial charge in [0.2, 0.25) is 0 Å². The Morgan fingerprint density at radius 2 is 1.70 bits per heavy atom. The Morgan fingerprint density at radius 1 is 0.900 bits per heavy atom. The summed E-state index contributed by atoms with van der Waals surface area (Å²) in [6, 6.07) is 0. The predicted molar refractivity (Wildman–Crippen MR) is 131 cm³/mol. The maximum absolute atomic E-state index is 4.32. The molecule has 0 saturated heterocycles. The molecule has 3 unspecified atom stereocenters. The minimum atomic E-state index is 0.377. The zero-order valence-corrected chi connectivity index (χ0v) is 19.1. The molecule has 30 heavy (non-hydrogen) atoms. The average Bonchev–Trinajstić information content (AvgIpc) is 3.12. The van der Waals surface area contributed by atoms with Gasteiger partial charge in [-0.3, -0.25) is 0 Å².